The molecule has 0 aliphatic heterocycles. The van der Waals surface area contributed by atoms with Crippen molar-refractivity contribution in [3.63, 3.8) is 0 Å². The maximum absolute atomic E-state index is 4.42. The van der Waals surface area contributed by atoms with E-state index >= 15 is 0 Å². The van der Waals surface area contributed by atoms with E-state index in [1.165, 1.54) is 5.56 Å². The van der Waals surface area contributed by atoms with Gasteiger partial charge in [-0.3, -0.25) is 4.57 Å². The van der Waals surface area contributed by atoms with Gasteiger partial charge in [0.25, 0.3) is 0 Å². The molecule has 0 fully saturated rings. The predicted molar refractivity (Wildman–Crippen MR) is 63.6 cm³/mol. The molecule has 0 aliphatic rings. The molecule has 0 radical (unpaired) electrons. The van der Waals surface area contributed by atoms with Gasteiger partial charge >= 0.3 is 0 Å². The highest BCUT2D eigenvalue weighted by Crippen LogP contribution is 2.19. The number of pyridine rings is 1. The van der Waals surface area contributed by atoms with E-state index in [-0.39, 0.29) is 0 Å². The quantitative estimate of drug-likeness (QED) is 0.617. The molecule has 0 N–H and O–H groups in total. The smallest absolute Gasteiger partial charge is 0.138 e. The number of aryl methyl sites for hydroxylation is 1. The minimum atomic E-state index is 0.899. The summed E-state index contributed by atoms with van der Waals surface area (Å²) >= 11 is 0. The maximum atomic E-state index is 4.42. The van der Waals surface area contributed by atoms with Crippen molar-refractivity contribution >= 4 is 11.0 Å². The Kier molecular flexibility index (Phi) is 1.96. The first-order valence-corrected chi connectivity index (χ1v) is 5.20. The van der Waals surface area contributed by atoms with Gasteiger partial charge in [-0.05, 0) is 30.7 Å². The van der Waals surface area contributed by atoms with Crippen LogP contribution in [0.2, 0.25) is 0 Å². The molecule has 0 saturated heterocycles. The fourth-order valence-electron chi connectivity index (χ4n) is 1.86. The molecule has 0 saturated carbocycles. The highest BCUT2D eigenvalue weighted by atomic mass is 15.1. The molecule has 0 spiro atoms. The molecule has 16 heavy (non-hydrogen) atoms. The minimum absolute atomic E-state index is 0.899. The molecule has 0 amide bonds. The van der Waals surface area contributed by atoms with E-state index in [1.807, 2.05) is 35.2 Å². The molecule has 0 atom stereocenters. The van der Waals surface area contributed by atoms with Crippen molar-refractivity contribution in [1.29, 1.82) is 0 Å². The highest BCUT2D eigenvalue weighted by Gasteiger charge is 2.05. The van der Waals surface area contributed by atoms with Gasteiger partial charge in [-0.25, -0.2) is 9.97 Å². The molecule has 3 rings (SSSR count). The Hall–Kier alpha value is -2.16. The van der Waals surface area contributed by atoms with Crippen LogP contribution in [0.25, 0.3) is 16.9 Å². The van der Waals surface area contributed by atoms with Gasteiger partial charge in [-0.1, -0.05) is 18.2 Å². The van der Waals surface area contributed by atoms with Crippen molar-refractivity contribution in [1.82, 2.24) is 14.5 Å². The second-order valence-corrected chi connectivity index (χ2v) is 3.75. The second-order valence-electron chi connectivity index (χ2n) is 3.75. The Morgan fingerprint density at radius 2 is 1.94 bits per heavy atom. The van der Waals surface area contributed by atoms with Crippen LogP contribution >= 0.6 is 0 Å². The van der Waals surface area contributed by atoms with Crippen molar-refractivity contribution < 1.29 is 0 Å². The van der Waals surface area contributed by atoms with Crippen molar-refractivity contribution in [2.75, 3.05) is 0 Å². The third-order valence-electron chi connectivity index (χ3n) is 2.67. The summed E-state index contributed by atoms with van der Waals surface area (Å²) in [5.74, 6) is 0.899. The Bertz CT molecular complexity index is 626. The Labute approximate surface area is 93.4 Å². The fourth-order valence-corrected chi connectivity index (χ4v) is 1.86. The van der Waals surface area contributed by atoms with Crippen LogP contribution in [-0.2, 0) is 0 Å². The average Bonchev–Trinajstić information content (AvgIpc) is 2.75. The van der Waals surface area contributed by atoms with E-state index in [0.29, 0.717) is 0 Å². The van der Waals surface area contributed by atoms with Gasteiger partial charge in [-0.15, -0.1) is 0 Å². The number of para-hydroxylation sites is 1. The van der Waals surface area contributed by atoms with Crippen LogP contribution in [0.4, 0.5) is 0 Å². The Morgan fingerprint density at radius 1 is 1.00 bits per heavy atom. The van der Waals surface area contributed by atoms with E-state index in [4.69, 9.17) is 0 Å². The van der Waals surface area contributed by atoms with Crippen LogP contribution in [0.3, 0.4) is 0 Å². The highest BCUT2D eigenvalue weighted by molar-refractivity contribution is 5.80. The summed E-state index contributed by atoms with van der Waals surface area (Å²) in [6.07, 6.45) is 3.61. The molecule has 1 aromatic carbocycles. The number of hydrogen-bond acceptors (Lipinski definition) is 2. The number of hydrogen-bond donors (Lipinski definition) is 0. The number of aromatic nitrogens is 3. The topological polar surface area (TPSA) is 30.7 Å². The second kappa shape index (κ2) is 3.45. The van der Waals surface area contributed by atoms with Gasteiger partial charge in [0.1, 0.15) is 12.1 Å². The number of benzene rings is 1. The summed E-state index contributed by atoms with van der Waals surface area (Å²) in [7, 11) is 0. The Morgan fingerprint density at radius 3 is 2.75 bits per heavy atom. The van der Waals surface area contributed by atoms with E-state index in [2.05, 4.69) is 29.0 Å². The first kappa shape index (κ1) is 9.09. The lowest BCUT2D eigenvalue weighted by atomic mass is 10.2. The molecule has 2 heterocycles. The number of imidazole rings is 1. The van der Waals surface area contributed by atoms with Crippen molar-refractivity contribution in [3.05, 3.63) is 54.5 Å². The summed E-state index contributed by atoms with van der Waals surface area (Å²) in [4.78, 5) is 8.74. The normalized spacial score (nSPS) is 10.8. The van der Waals surface area contributed by atoms with E-state index in [0.717, 1.165) is 16.9 Å². The van der Waals surface area contributed by atoms with Crippen LogP contribution in [0.5, 0.6) is 0 Å². The molecule has 0 aliphatic carbocycles. The van der Waals surface area contributed by atoms with Crippen LogP contribution < -0.4 is 0 Å². The molecule has 2 aromatic heterocycles. The van der Waals surface area contributed by atoms with Crippen molar-refractivity contribution in [2.45, 2.75) is 6.92 Å². The molecule has 0 unspecified atom stereocenters. The van der Waals surface area contributed by atoms with Crippen molar-refractivity contribution in [3.8, 4) is 5.82 Å². The van der Waals surface area contributed by atoms with Crippen LogP contribution in [0.1, 0.15) is 5.56 Å². The zero-order chi connectivity index (χ0) is 11.0. The third kappa shape index (κ3) is 1.29. The summed E-state index contributed by atoms with van der Waals surface area (Å²) in [6.45, 7) is 2.07. The number of nitrogens with zero attached hydrogens (tertiary/aromatic N) is 3. The lowest BCUT2D eigenvalue weighted by Gasteiger charge is -2.02. The van der Waals surface area contributed by atoms with Crippen molar-refractivity contribution in [2.24, 2.45) is 0 Å². The number of rotatable bonds is 1. The molecule has 3 nitrogen and oxygen atoms in total. The van der Waals surface area contributed by atoms with E-state index in [9.17, 15) is 0 Å². The van der Waals surface area contributed by atoms with Crippen LogP contribution in [-0.4, -0.2) is 14.5 Å². The van der Waals surface area contributed by atoms with E-state index < -0.39 is 0 Å². The van der Waals surface area contributed by atoms with Gasteiger partial charge in [0.2, 0.25) is 0 Å². The summed E-state index contributed by atoms with van der Waals surface area (Å²) in [5.41, 5.74) is 3.32. The summed E-state index contributed by atoms with van der Waals surface area (Å²) in [5, 5.41) is 0. The molecular formula is C13H11N3. The first-order chi connectivity index (χ1) is 7.86. The lowest BCUT2D eigenvalue weighted by molar-refractivity contribution is 1.02. The SMILES string of the molecule is Cc1cccc2c1ncn2-c1ccccn1. The fraction of sp³-hybridized carbons (Fsp3) is 0.0769. The largest absolute Gasteiger partial charge is 0.283 e. The molecule has 3 aromatic rings. The average molecular weight is 209 g/mol. The molecular weight excluding hydrogens is 198 g/mol. The third-order valence-corrected chi connectivity index (χ3v) is 2.67. The predicted octanol–water partition coefficient (Wildman–Crippen LogP) is 2.73. The van der Waals surface area contributed by atoms with E-state index in [1.54, 1.807) is 6.20 Å². The van der Waals surface area contributed by atoms with Crippen LogP contribution in [0.15, 0.2) is 48.9 Å². The van der Waals surface area contributed by atoms with Gasteiger partial charge in [0, 0.05) is 6.20 Å². The number of fused-ring (bicyclic) bond motifs is 1. The van der Waals surface area contributed by atoms with Gasteiger partial charge in [-0.2, -0.15) is 0 Å². The standard InChI is InChI=1S/C13H11N3/c1-10-5-4-6-11-13(10)15-9-16(11)12-7-2-3-8-14-12/h2-9H,1H3. The van der Waals surface area contributed by atoms with Gasteiger partial charge in [0.05, 0.1) is 11.0 Å². The van der Waals surface area contributed by atoms with Gasteiger partial charge in [0.15, 0.2) is 0 Å². The Balaban J connectivity index is 2.30. The summed E-state index contributed by atoms with van der Waals surface area (Å²) < 4.78 is 2.00. The zero-order valence-electron chi connectivity index (χ0n) is 8.96. The van der Waals surface area contributed by atoms with Gasteiger partial charge < -0.3 is 0 Å². The first-order valence-electron chi connectivity index (χ1n) is 5.20. The summed E-state index contributed by atoms with van der Waals surface area (Å²) in [6, 6.07) is 12.0. The molecule has 3 heteroatoms. The molecule has 0 bridgehead atoms. The lowest BCUT2D eigenvalue weighted by Crippen LogP contribution is -1.94. The monoisotopic (exact) mass is 209 g/mol. The minimum Gasteiger partial charge on any atom is -0.283 e. The molecule has 78 valence electrons. The maximum Gasteiger partial charge on any atom is 0.138 e. The zero-order valence-corrected chi connectivity index (χ0v) is 8.96. The van der Waals surface area contributed by atoms with Crippen LogP contribution in [0, 0.1) is 6.92 Å².